The van der Waals surface area contributed by atoms with Crippen molar-refractivity contribution in [2.75, 3.05) is 36.8 Å². The van der Waals surface area contributed by atoms with Gasteiger partial charge in [0.2, 0.25) is 5.91 Å². The highest BCUT2D eigenvalue weighted by atomic mass is 32.2. The van der Waals surface area contributed by atoms with Crippen LogP contribution in [0.2, 0.25) is 0 Å². The summed E-state index contributed by atoms with van der Waals surface area (Å²) in [7, 11) is 0. The van der Waals surface area contributed by atoms with E-state index in [1.165, 1.54) is 0 Å². The zero-order valence-corrected chi connectivity index (χ0v) is 21.7. The van der Waals surface area contributed by atoms with Crippen LogP contribution in [-0.4, -0.2) is 62.5 Å². The number of hydrogen-bond donors (Lipinski definition) is 0. The van der Waals surface area contributed by atoms with Crippen molar-refractivity contribution in [2.24, 2.45) is 0 Å². The van der Waals surface area contributed by atoms with Crippen molar-refractivity contribution in [3.8, 4) is 5.69 Å². The number of thioether (sulfide) groups is 1. The van der Waals surface area contributed by atoms with Crippen LogP contribution in [0.4, 0.5) is 5.82 Å². The van der Waals surface area contributed by atoms with Crippen molar-refractivity contribution < 1.29 is 4.79 Å². The minimum atomic E-state index is 0.186. The molecule has 1 saturated heterocycles. The number of aromatic nitrogens is 4. The van der Waals surface area contributed by atoms with Crippen LogP contribution in [0.1, 0.15) is 38.4 Å². The summed E-state index contributed by atoms with van der Waals surface area (Å²) in [5.41, 5.74) is 1.82. The number of anilines is 1. The first kappa shape index (κ1) is 24.3. The standard InChI is InChI=1S/C28H32N6OS/c1-3-10-21(2)26-30-27(24-19-29-34(28(24)31-26)22-11-6-4-7-12-22)33-17-15-32(16-18-33)25(35)20-36-23-13-8-5-9-14-23/h4-9,11-14,19,21H,3,10,15-18,20H2,1-2H3/t21-/m0/s1. The number of para-hydroxylation sites is 1. The molecule has 0 bridgehead atoms. The molecule has 7 nitrogen and oxygen atoms in total. The fraction of sp³-hybridized carbons (Fsp3) is 0.357. The monoisotopic (exact) mass is 500 g/mol. The number of rotatable bonds is 8. The lowest BCUT2D eigenvalue weighted by molar-refractivity contribution is -0.128. The average Bonchev–Trinajstić information content (AvgIpc) is 3.37. The highest BCUT2D eigenvalue weighted by Crippen LogP contribution is 2.30. The molecule has 186 valence electrons. The Morgan fingerprint density at radius 3 is 2.36 bits per heavy atom. The predicted molar refractivity (Wildman–Crippen MR) is 146 cm³/mol. The molecular formula is C28H32N6OS. The Bertz CT molecular complexity index is 1300. The van der Waals surface area contributed by atoms with Crippen LogP contribution in [0.25, 0.3) is 16.7 Å². The Morgan fingerprint density at radius 1 is 0.972 bits per heavy atom. The highest BCUT2D eigenvalue weighted by Gasteiger charge is 2.26. The van der Waals surface area contributed by atoms with Crippen LogP contribution >= 0.6 is 11.8 Å². The van der Waals surface area contributed by atoms with Crippen molar-refractivity contribution in [1.29, 1.82) is 0 Å². The number of carbonyl (C=O) groups excluding carboxylic acids is 1. The fourth-order valence-corrected chi connectivity index (χ4v) is 5.43. The number of benzene rings is 2. The summed E-state index contributed by atoms with van der Waals surface area (Å²) in [6, 6.07) is 20.2. The van der Waals surface area contributed by atoms with Crippen molar-refractivity contribution >= 4 is 34.5 Å². The van der Waals surface area contributed by atoms with Crippen molar-refractivity contribution in [2.45, 2.75) is 37.5 Å². The minimum Gasteiger partial charge on any atom is -0.352 e. The quantitative estimate of drug-likeness (QED) is 0.311. The molecule has 2 aromatic heterocycles. The maximum atomic E-state index is 12.9. The Morgan fingerprint density at radius 2 is 1.67 bits per heavy atom. The summed E-state index contributed by atoms with van der Waals surface area (Å²) < 4.78 is 1.91. The molecule has 8 heteroatoms. The van der Waals surface area contributed by atoms with Gasteiger partial charge in [0.25, 0.3) is 0 Å². The van der Waals surface area contributed by atoms with Gasteiger partial charge >= 0.3 is 0 Å². The Hall–Kier alpha value is -3.39. The van der Waals surface area contributed by atoms with Gasteiger partial charge in [-0.05, 0) is 30.7 Å². The van der Waals surface area contributed by atoms with E-state index in [1.807, 2.05) is 76.4 Å². The molecule has 1 aliphatic heterocycles. The van der Waals surface area contributed by atoms with Crippen LogP contribution in [-0.2, 0) is 4.79 Å². The SMILES string of the molecule is CCC[C@H](C)c1nc(N2CCN(C(=O)CSc3ccccc3)CC2)c2cnn(-c3ccccc3)c2n1. The molecule has 1 amide bonds. The van der Waals surface area contributed by atoms with Gasteiger partial charge in [0.05, 0.1) is 23.0 Å². The highest BCUT2D eigenvalue weighted by molar-refractivity contribution is 8.00. The van der Waals surface area contributed by atoms with Crippen molar-refractivity contribution in [3.63, 3.8) is 0 Å². The van der Waals surface area contributed by atoms with Crippen molar-refractivity contribution in [3.05, 3.63) is 72.7 Å². The smallest absolute Gasteiger partial charge is 0.233 e. The molecule has 0 N–H and O–H groups in total. The lowest BCUT2D eigenvalue weighted by Crippen LogP contribution is -2.49. The van der Waals surface area contributed by atoms with E-state index in [1.54, 1.807) is 11.8 Å². The van der Waals surface area contributed by atoms with E-state index < -0.39 is 0 Å². The van der Waals surface area contributed by atoms with Crippen LogP contribution in [0, 0.1) is 0 Å². The van der Waals surface area contributed by atoms with E-state index in [4.69, 9.17) is 9.97 Å². The first-order valence-corrected chi connectivity index (χ1v) is 13.6. The second-order valence-corrected chi connectivity index (χ2v) is 10.2. The molecule has 0 unspecified atom stereocenters. The van der Waals surface area contributed by atoms with Gasteiger partial charge in [0.15, 0.2) is 5.65 Å². The van der Waals surface area contributed by atoms with Crippen LogP contribution < -0.4 is 4.90 Å². The van der Waals surface area contributed by atoms with E-state index >= 15 is 0 Å². The summed E-state index contributed by atoms with van der Waals surface area (Å²) in [6.45, 7) is 7.24. The molecule has 2 aromatic carbocycles. The van der Waals surface area contributed by atoms with E-state index in [0.717, 1.165) is 59.2 Å². The number of amides is 1. The van der Waals surface area contributed by atoms with Crippen LogP contribution in [0.5, 0.6) is 0 Å². The van der Waals surface area contributed by atoms with Gasteiger partial charge in [0, 0.05) is 37.0 Å². The molecule has 3 heterocycles. The lowest BCUT2D eigenvalue weighted by atomic mass is 10.1. The maximum Gasteiger partial charge on any atom is 0.233 e. The van der Waals surface area contributed by atoms with Crippen LogP contribution in [0.3, 0.4) is 0 Å². The second-order valence-electron chi connectivity index (χ2n) is 9.19. The Balaban J connectivity index is 1.36. The Labute approximate surface area is 216 Å². The van der Waals surface area contributed by atoms with Gasteiger partial charge in [0.1, 0.15) is 11.6 Å². The zero-order chi connectivity index (χ0) is 24.9. The fourth-order valence-electron chi connectivity index (χ4n) is 4.61. The largest absolute Gasteiger partial charge is 0.352 e. The molecule has 1 fully saturated rings. The summed E-state index contributed by atoms with van der Waals surface area (Å²) >= 11 is 1.60. The number of carbonyl (C=O) groups is 1. The molecule has 1 aliphatic rings. The van der Waals surface area contributed by atoms with Crippen molar-refractivity contribution in [1.82, 2.24) is 24.6 Å². The molecule has 36 heavy (non-hydrogen) atoms. The molecule has 1 atom stereocenters. The summed E-state index contributed by atoms with van der Waals surface area (Å²) in [4.78, 5) is 28.3. The third kappa shape index (κ3) is 5.23. The van der Waals surface area contributed by atoms with Gasteiger partial charge in [-0.2, -0.15) is 5.10 Å². The predicted octanol–water partition coefficient (Wildman–Crippen LogP) is 5.16. The molecule has 0 spiro atoms. The first-order chi connectivity index (χ1) is 17.6. The summed E-state index contributed by atoms with van der Waals surface area (Å²) in [5, 5.41) is 5.63. The summed E-state index contributed by atoms with van der Waals surface area (Å²) in [6.07, 6.45) is 3.99. The number of hydrogen-bond acceptors (Lipinski definition) is 6. The normalized spacial score (nSPS) is 14.8. The van der Waals surface area contributed by atoms with E-state index in [-0.39, 0.29) is 11.8 Å². The second kappa shape index (κ2) is 11.1. The van der Waals surface area contributed by atoms with Gasteiger partial charge in [-0.25, -0.2) is 14.6 Å². The average molecular weight is 501 g/mol. The zero-order valence-electron chi connectivity index (χ0n) is 20.9. The first-order valence-electron chi connectivity index (χ1n) is 12.7. The Kier molecular flexibility index (Phi) is 7.51. The van der Waals surface area contributed by atoms with E-state index in [9.17, 15) is 4.79 Å². The summed E-state index contributed by atoms with van der Waals surface area (Å²) in [5.74, 6) is 2.69. The molecule has 0 aliphatic carbocycles. The third-order valence-corrected chi connectivity index (χ3v) is 7.62. The van der Waals surface area contributed by atoms with Gasteiger partial charge < -0.3 is 9.80 Å². The maximum absolute atomic E-state index is 12.9. The third-order valence-electron chi connectivity index (χ3n) is 6.63. The molecule has 5 rings (SSSR count). The molecule has 0 radical (unpaired) electrons. The molecule has 4 aromatic rings. The molecule has 0 saturated carbocycles. The number of fused-ring (bicyclic) bond motifs is 1. The van der Waals surface area contributed by atoms with Gasteiger partial charge in [-0.15, -0.1) is 11.8 Å². The number of nitrogens with zero attached hydrogens (tertiary/aromatic N) is 6. The topological polar surface area (TPSA) is 67.2 Å². The van der Waals surface area contributed by atoms with E-state index in [0.29, 0.717) is 18.8 Å². The lowest BCUT2D eigenvalue weighted by Gasteiger charge is -2.35. The minimum absolute atomic E-state index is 0.186. The number of piperazine rings is 1. The van der Waals surface area contributed by atoms with Crippen LogP contribution in [0.15, 0.2) is 71.8 Å². The molecular weight excluding hydrogens is 468 g/mol. The van der Waals surface area contributed by atoms with E-state index in [2.05, 4.69) is 23.8 Å². The van der Waals surface area contributed by atoms with Gasteiger partial charge in [-0.1, -0.05) is 56.7 Å². The van der Waals surface area contributed by atoms with Gasteiger partial charge in [-0.3, -0.25) is 4.79 Å².